The Kier molecular flexibility index (Phi) is 3.51. The molecular weight excluding hydrogens is 278 g/mol. The van der Waals surface area contributed by atoms with Gasteiger partial charge in [0.25, 0.3) is 5.91 Å². The first-order valence-corrected chi connectivity index (χ1v) is 7.17. The number of furan rings is 1. The number of amides is 2. The summed E-state index contributed by atoms with van der Waals surface area (Å²) in [5.74, 6) is -0.0196. The van der Waals surface area contributed by atoms with Crippen molar-refractivity contribution in [2.24, 2.45) is 0 Å². The molecule has 2 aromatic rings. The van der Waals surface area contributed by atoms with Crippen LogP contribution in [-0.4, -0.2) is 34.8 Å². The lowest BCUT2D eigenvalue weighted by Gasteiger charge is -2.30. The van der Waals surface area contributed by atoms with E-state index in [2.05, 4.69) is 10.3 Å². The van der Waals surface area contributed by atoms with Crippen molar-refractivity contribution in [3.05, 3.63) is 35.2 Å². The second-order valence-electron chi connectivity index (χ2n) is 4.49. The maximum atomic E-state index is 11.8. The minimum Gasteiger partial charge on any atom is -0.459 e. The number of aromatic nitrogens is 1. The molecule has 1 saturated heterocycles. The minimum atomic E-state index is -0.343. The highest BCUT2D eigenvalue weighted by Crippen LogP contribution is 2.18. The van der Waals surface area contributed by atoms with E-state index < -0.39 is 0 Å². The fourth-order valence-electron chi connectivity index (χ4n) is 1.84. The van der Waals surface area contributed by atoms with Gasteiger partial charge in [0.1, 0.15) is 0 Å². The lowest BCUT2D eigenvalue weighted by Crippen LogP contribution is -2.42. The molecule has 0 unspecified atom stereocenters. The maximum Gasteiger partial charge on any atom is 0.293 e. The first-order chi connectivity index (χ1) is 9.72. The van der Waals surface area contributed by atoms with Gasteiger partial charge in [-0.3, -0.25) is 14.9 Å². The molecule has 0 spiro atoms. The van der Waals surface area contributed by atoms with Crippen molar-refractivity contribution < 1.29 is 14.0 Å². The van der Waals surface area contributed by atoms with E-state index in [0.717, 1.165) is 19.5 Å². The molecule has 20 heavy (non-hydrogen) atoms. The molecule has 104 valence electrons. The van der Waals surface area contributed by atoms with Crippen LogP contribution >= 0.6 is 11.3 Å². The van der Waals surface area contributed by atoms with Crippen LogP contribution in [0.5, 0.6) is 0 Å². The predicted molar refractivity (Wildman–Crippen MR) is 73.7 cm³/mol. The average molecular weight is 291 g/mol. The van der Waals surface area contributed by atoms with Crippen molar-refractivity contribution in [3.63, 3.8) is 0 Å². The number of likely N-dealkylation sites (tertiary alicyclic amines) is 1. The first kappa shape index (κ1) is 12.9. The Balaban J connectivity index is 1.59. The number of anilines is 1. The smallest absolute Gasteiger partial charge is 0.293 e. The van der Waals surface area contributed by atoms with E-state index >= 15 is 0 Å². The minimum absolute atomic E-state index is 0.0884. The molecular formula is C13H13N3O3S. The zero-order valence-corrected chi connectivity index (χ0v) is 11.5. The van der Waals surface area contributed by atoms with Crippen LogP contribution in [0.4, 0.5) is 5.13 Å². The van der Waals surface area contributed by atoms with Crippen molar-refractivity contribution in [3.8, 4) is 0 Å². The third-order valence-electron chi connectivity index (χ3n) is 3.06. The van der Waals surface area contributed by atoms with Gasteiger partial charge in [0.15, 0.2) is 10.9 Å². The van der Waals surface area contributed by atoms with Gasteiger partial charge in [-0.2, -0.15) is 0 Å². The molecule has 6 nitrogen and oxygen atoms in total. The molecule has 2 amide bonds. The largest absolute Gasteiger partial charge is 0.459 e. The Morgan fingerprint density at radius 1 is 1.45 bits per heavy atom. The highest BCUT2D eigenvalue weighted by molar-refractivity contribution is 7.14. The Morgan fingerprint density at radius 2 is 2.30 bits per heavy atom. The van der Waals surface area contributed by atoms with E-state index in [1.807, 2.05) is 0 Å². The fraction of sp³-hybridized carbons (Fsp3) is 0.308. The Bertz CT molecular complexity index is 617. The van der Waals surface area contributed by atoms with Crippen molar-refractivity contribution in [1.82, 2.24) is 9.88 Å². The van der Waals surface area contributed by atoms with Crippen LogP contribution in [0.15, 0.2) is 28.2 Å². The van der Waals surface area contributed by atoms with Gasteiger partial charge in [-0.15, -0.1) is 11.3 Å². The van der Waals surface area contributed by atoms with Gasteiger partial charge < -0.3 is 9.32 Å². The number of thiazole rings is 1. The number of hydrogen-bond donors (Lipinski definition) is 1. The molecule has 2 aromatic heterocycles. The molecule has 0 aliphatic carbocycles. The molecule has 0 bridgehead atoms. The van der Waals surface area contributed by atoms with Gasteiger partial charge >= 0.3 is 0 Å². The molecule has 1 aliphatic rings. The highest BCUT2D eigenvalue weighted by Gasteiger charge is 2.21. The molecule has 0 aromatic carbocycles. The average Bonchev–Trinajstić information content (AvgIpc) is 2.97. The number of nitrogens with zero attached hydrogens (tertiary/aromatic N) is 2. The van der Waals surface area contributed by atoms with Crippen molar-refractivity contribution >= 4 is 28.3 Å². The molecule has 3 rings (SSSR count). The Labute approximate surface area is 119 Å². The molecule has 1 N–H and O–H groups in total. The van der Waals surface area contributed by atoms with E-state index in [1.54, 1.807) is 22.4 Å². The molecule has 0 saturated carbocycles. The van der Waals surface area contributed by atoms with Gasteiger partial charge in [0.05, 0.1) is 18.4 Å². The maximum absolute atomic E-state index is 11.8. The number of hydrogen-bond acceptors (Lipinski definition) is 5. The molecule has 0 atom stereocenters. The fourth-order valence-corrected chi connectivity index (χ4v) is 2.55. The summed E-state index contributed by atoms with van der Waals surface area (Å²) in [4.78, 5) is 29.6. The van der Waals surface area contributed by atoms with Crippen LogP contribution in [0.25, 0.3) is 0 Å². The van der Waals surface area contributed by atoms with Gasteiger partial charge in [-0.05, 0) is 18.6 Å². The van der Waals surface area contributed by atoms with Crippen molar-refractivity contribution in [2.75, 3.05) is 18.4 Å². The monoisotopic (exact) mass is 291 g/mol. The van der Waals surface area contributed by atoms with Crippen LogP contribution in [0.2, 0.25) is 0 Å². The van der Waals surface area contributed by atoms with E-state index in [-0.39, 0.29) is 24.0 Å². The summed E-state index contributed by atoms with van der Waals surface area (Å²) in [6.45, 7) is 1.68. The standard InChI is InChI=1S/C13H13N3O3S/c17-11(16-4-2-5-16)7-9-8-20-13(14-9)15-12(18)10-3-1-6-19-10/h1,3,6,8H,2,4-5,7H2,(H,14,15,18). The summed E-state index contributed by atoms with van der Waals surface area (Å²) in [6, 6.07) is 3.23. The normalized spacial score (nSPS) is 13.9. The molecule has 0 radical (unpaired) electrons. The predicted octanol–water partition coefficient (Wildman–Crippen LogP) is 1.76. The summed E-state index contributed by atoms with van der Waals surface area (Å²) >= 11 is 1.30. The van der Waals surface area contributed by atoms with Crippen molar-refractivity contribution in [1.29, 1.82) is 0 Å². The quantitative estimate of drug-likeness (QED) is 0.931. The summed E-state index contributed by atoms with van der Waals surface area (Å²) in [5, 5.41) is 4.90. The third-order valence-corrected chi connectivity index (χ3v) is 3.86. The second-order valence-corrected chi connectivity index (χ2v) is 5.34. The van der Waals surface area contributed by atoms with Crippen LogP contribution in [0, 0.1) is 0 Å². The topological polar surface area (TPSA) is 75.4 Å². The molecule has 7 heteroatoms. The van der Waals surface area contributed by atoms with E-state index in [1.165, 1.54) is 17.6 Å². The zero-order chi connectivity index (χ0) is 13.9. The van der Waals surface area contributed by atoms with Crippen LogP contribution in [0.3, 0.4) is 0 Å². The Hall–Kier alpha value is -2.15. The van der Waals surface area contributed by atoms with Crippen LogP contribution in [0.1, 0.15) is 22.7 Å². The van der Waals surface area contributed by atoms with E-state index in [0.29, 0.717) is 10.8 Å². The van der Waals surface area contributed by atoms with E-state index in [4.69, 9.17) is 4.42 Å². The van der Waals surface area contributed by atoms with Gasteiger partial charge in [-0.1, -0.05) is 0 Å². The summed E-state index contributed by atoms with van der Waals surface area (Å²) in [5.41, 5.74) is 0.682. The van der Waals surface area contributed by atoms with Gasteiger partial charge in [0, 0.05) is 18.5 Å². The van der Waals surface area contributed by atoms with Crippen molar-refractivity contribution in [2.45, 2.75) is 12.8 Å². The summed E-state index contributed by atoms with van der Waals surface area (Å²) < 4.78 is 5.00. The van der Waals surface area contributed by atoms with Gasteiger partial charge in [-0.25, -0.2) is 4.98 Å². The zero-order valence-electron chi connectivity index (χ0n) is 10.7. The Morgan fingerprint density at radius 3 is 2.95 bits per heavy atom. The summed E-state index contributed by atoms with van der Waals surface area (Å²) in [6.07, 6.45) is 2.80. The SMILES string of the molecule is O=C(Nc1nc(CC(=O)N2CCC2)cs1)c1ccco1. The number of nitrogens with one attached hydrogen (secondary N) is 1. The lowest BCUT2D eigenvalue weighted by molar-refractivity contribution is -0.133. The number of rotatable bonds is 4. The highest BCUT2D eigenvalue weighted by atomic mass is 32.1. The molecule has 1 aliphatic heterocycles. The summed E-state index contributed by atoms with van der Waals surface area (Å²) in [7, 11) is 0. The van der Waals surface area contributed by atoms with Crippen LogP contribution in [-0.2, 0) is 11.2 Å². The third kappa shape index (κ3) is 2.72. The van der Waals surface area contributed by atoms with Gasteiger partial charge in [0.2, 0.25) is 5.91 Å². The van der Waals surface area contributed by atoms with Crippen LogP contribution < -0.4 is 5.32 Å². The first-order valence-electron chi connectivity index (χ1n) is 6.29. The van der Waals surface area contributed by atoms with E-state index in [9.17, 15) is 9.59 Å². The number of carbonyl (C=O) groups is 2. The molecule has 1 fully saturated rings. The number of carbonyl (C=O) groups excluding carboxylic acids is 2. The lowest BCUT2D eigenvalue weighted by atomic mass is 10.2. The molecule has 3 heterocycles. The second kappa shape index (κ2) is 5.46.